The standard InChI is InChI=1S/C10H15N5S/c1-3-16-4-7(2)15-10-8-9(12-5-11-8)13-6-14-10/h5-7H,3-4H2,1-2H3,(H2,11,12,13,14,15). The summed E-state index contributed by atoms with van der Waals surface area (Å²) in [4.78, 5) is 15.4. The van der Waals surface area contributed by atoms with Crippen molar-refractivity contribution in [2.24, 2.45) is 0 Å². The van der Waals surface area contributed by atoms with Crippen LogP contribution in [0.25, 0.3) is 11.2 Å². The highest BCUT2D eigenvalue weighted by molar-refractivity contribution is 7.99. The minimum absolute atomic E-state index is 0.381. The molecule has 5 nitrogen and oxygen atoms in total. The quantitative estimate of drug-likeness (QED) is 0.831. The van der Waals surface area contributed by atoms with Gasteiger partial charge < -0.3 is 10.3 Å². The summed E-state index contributed by atoms with van der Waals surface area (Å²) in [6, 6.07) is 0.381. The first-order valence-corrected chi connectivity index (χ1v) is 6.45. The summed E-state index contributed by atoms with van der Waals surface area (Å²) in [6.45, 7) is 4.31. The van der Waals surface area contributed by atoms with Crippen LogP contribution in [0.5, 0.6) is 0 Å². The van der Waals surface area contributed by atoms with Crippen molar-refractivity contribution in [3.63, 3.8) is 0 Å². The molecular weight excluding hydrogens is 222 g/mol. The number of rotatable bonds is 5. The number of anilines is 1. The number of fused-ring (bicyclic) bond motifs is 1. The van der Waals surface area contributed by atoms with Gasteiger partial charge in [-0.1, -0.05) is 6.92 Å². The van der Waals surface area contributed by atoms with Gasteiger partial charge >= 0.3 is 0 Å². The number of H-pyrrole nitrogens is 1. The molecule has 0 aliphatic heterocycles. The molecule has 16 heavy (non-hydrogen) atoms. The highest BCUT2D eigenvalue weighted by atomic mass is 32.2. The van der Waals surface area contributed by atoms with Gasteiger partial charge in [0.2, 0.25) is 0 Å². The second-order valence-electron chi connectivity index (χ2n) is 3.53. The number of aromatic amines is 1. The van der Waals surface area contributed by atoms with Crippen LogP contribution >= 0.6 is 11.8 Å². The normalized spacial score (nSPS) is 12.9. The van der Waals surface area contributed by atoms with Crippen molar-refractivity contribution in [1.82, 2.24) is 19.9 Å². The van der Waals surface area contributed by atoms with E-state index in [1.165, 1.54) is 6.33 Å². The van der Waals surface area contributed by atoms with E-state index in [4.69, 9.17) is 0 Å². The predicted octanol–water partition coefficient (Wildman–Crippen LogP) is 1.91. The topological polar surface area (TPSA) is 66.5 Å². The summed E-state index contributed by atoms with van der Waals surface area (Å²) in [6.07, 6.45) is 3.17. The fraction of sp³-hybridized carbons (Fsp3) is 0.500. The molecule has 0 saturated heterocycles. The molecule has 86 valence electrons. The van der Waals surface area contributed by atoms with Crippen LogP contribution in [0.3, 0.4) is 0 Å². The van der Waals surface area contributed by atoms with Gasteiger partial charge in [-0.05, 0) is 12.7 Å². The molecule has 0 aliphatic carbocycles. The van der Waals surface area contributed by atoms with E-state index < -0.39 is 0 Å². The van der Waals surface area contributed by atoms with Gasteiger partial charge in [0.05, 0.1) is 6.33 Å². The van der Waals surface area contributed by atoms with E-state index >= 15 is 0 Å². The molecule has 2 aromatic heterocycles. The van der Waals surface area contributed by atoms with Crippen molar-refractivity contribution in [3.8, 4) is 0 Å². The molecule has 0 fully saturated rings. The SMILES string of the molecule is CCSCC(C)Nc1ncnc2nc[nH]c12. The Morgan fingerprint density at radius 3 is 3.12 bits per heavy atom. The fourth-order valence-electron chi connectivity index (χ4n) is 1.44. The second kappa shape index (κ2) is 5.16. The summed E-state index contributed by atoms with van der Waals surface area (Å²) in [7, 11) is 0. The minimum Gasteiger partial charge on any atom is -0.365 e. The van der Waals surface area contributed by atoms with Crippen LogP contribution in [0.2, 0.25) is 0 Å². The van der Waals surface area contributed by atoms with Crippen molar-refractivity contribution in [3.05, 3.63) is 12.7 Å². The van der Waals surface area contributed by atoms with Gasteiger partial charge in [0.15, 0.2) is 11.5 Å². The molecule has 0 spiro atoms. The molecule has 1 unspecified atom stereocenters. The van der Waals surface area contributed by atoms with Gasteiger partial charge in [-0.25, -0.2) is 15.0 Å². The lowest BCUT2D eigenvalue weighted by atomic mass is 10.4. The van der Waals surface area contributed by atoms with E-state index in [-0.39, 0.29) is 0 Å². The maximum Gasteiger partial charge on any atom is 0.182 e. The largest absolute Gasteiger partial charge is 0.365 e. The Bertz CT molecular complexity index is 455. The molecule has 6 heteroatoms. The van der Waals surface area contributed by atoms with Crippen LogP contribution in [-0.2, 0) is 0 Å². The number of hydrogen-bond acceptors (Lipinski definition) is 5. The van der Waals surface area contributed by atoms with Gasteiger partial charge in [0.25, 0.3) is 0 Å². The summed E-state index contributed by atoms with van der Waals surface area (Å²) in [5.41, 5.74) is 1.57. The third kappa shape index (κ3) is 2.44. The monoisotopic (exact) mass is 237 g/mol. The van der Waals surface area contributed by atoms with Gasteiger partial charge in [-0.15, -0.1) is 0 Å². The number of hydrogen-bond donors (Lipinski definition) is 2. The Kier molecular flexibility index (Phi) is 3.61. The average Bonchev–Trinajstić information content (AvgIpc) is 2.75. The number of aromatic nitrogens is 4. The van der Waals surface area contributed by atoms with E-state index in [2.05, 4.69) is 39.1 Å². The van der Waals surface area contributed by atoms with E-state index in [0.717, 1.165) is 22.8 Å². The van der Waals surface area contributed by atoms with Crippen LogP contribution in [0, 0.1) is 0 Å². The third-order valence-corrected chi connectivity index (χ3v) is 3.32. The Labute approximate surface area is 98.5 Å². The van der Waals surface area contributed by atoms with E-state index in [0.29, 0.717) is 11.7 Å². The Morgan fingerprint density at radius 1 is 1.44 bits per heavy atom. The van der Waals surface area contributed by atoms with Crippen molar-refractivity contribution in [1.29, 1.82) is 0 Å². The predicted molar refractivity (Wildman–Crippen MR) is 67.8 cm³/mol. The Hall–Kier alpha value is -1.30. The zero-order valence-corrected chi connectivity index (χ0v) is 10.2. The van der Waals surface area contributed by atoms with Crippen molar-refractivity contribution in [2.75, 3.05) is 16.8 Å². The first-order chi connectivity index (χ1) is 7.81. The third-order valence-electron chi connectivity index (χ3n) is 2.18. The maximum atomic E-state index is 4.22. The van der Waals surface area contributed by atoms with Gasteiger partial charge in [0.1, 0.15) is 11.8 Å². The summed E-state index contributed by atoms with van der Waals surface area (Å²) in [5, 5.41) is 3.36. The molecule has 2 rings (SSSR count). The second-order valence-corrected chi connectivity index (χ2v) is 4.85. The lowest BCUT2D eigenvalue weighted by molar-refractivity contribution is 0.902. The number of nitrogens with one attached hydrogen (secondary N) is 2. The summed E-state index contributed by atoms with van der Waals surface area (Å²) in [5.74, 6) is 3.03. The van der Waals surface area contributed by atoms with Crippen molar-refractivity contribution >= 4 is 28.7 Å². The van der Waals surface area contributed by atoms with E-state index in [1.54, 1.807) is 6.33 Å². The van der Waals surface area contributed by atoms with Gasteiger partial charge in [-0.2, -0.15) is 11.8 Å². The smallest absolute Gasteiger partial charge is 0.182 e. The first kappa shape index (κ1) is 11.2. The van der Waals surface area contributed by atoms with Crippen LogP contribution in [0.4, 0.5) is 5.82 Å². The van der Waals surface area contributed by atoms with Gasteiger partial charge in [0, 0.05) is 11.8 Å². The van der Waals surface area contributed by atoms with E-state index in [9.17, 15) is 0 Å². The molecule has 2 N–H and O–H groups in total. The highest BCUT2D eigenvalue weighted by Crippen LogP contribution is 2.16. The molecular formula is C10H15N5S. The fourth-order valence-corrected chi connectivity index (χ4v) is 2.12. The molecule has 0 aliphatic rings. The number of nitrogens with zero attached hydrogens (tertiary/aromatic N) is 3. The molecule has 2 heterocycles. The molecule has 2 aromatic rings. The zero-order valence-electron chi connectivity index (χ0n) is 9.40. The van der Waals surface area contributed by atoms with Crippen LogP contribution in [0.15, 0.2) is 12.7 Å². The van der Waals surface area contributed by atoms with Crippen molar-refractivity contribution in [2.45, 2.75) is 19.9 Å². The minimum atomic E-state index is 0.381. The van der Waals surface area contributed by atoms with Crippen LogP contribution in [-0.4, -0.2) is 37.5 Å². The molecule has 0 saturated carbocycles. The maximum absolute atomic E-state index is 4.22. The first-order valence-electron chi connectivity index (χ1n) is 5.29. The van der Waals surface area contributed by atoms with Crippen LogP contribution < -0.4 is 5.32 Å². The molecule has 0 amide bonds. The Balaban J connectivity index is 2.11. The molecule has 0 aromatic carbocycles. The zero-order chi connectivity index (χ0) is 11.4. The number of thioether (sulfide) groups is 1. The van der Waals surface area contributed by atoms with Gasteiger partial charge in [-0.3, -0.25) is 0 Å². The van der Waals surface area contributed by atoms with Crippen molar-refractivity contribution < 1.29 is 0 Å². The highest BCUT2D eigenvalue weighted by Gasteiger charge is 2.08. The molecule has 0 radical (unpaired) electrons. The average molecular weight is 237 g/mol. The van der Waals surface area contributed by atoms with Crippen LogP contribution in [0.1, 0.15) is 13.8 Å². The number of imidazole rings is 1. The Morgan fingerprint density at radius 2 is 2.31 bits per heavy atom. The lowest BCUT2D eigenvalue weighted by Gasteiger charge is -2.13. The molecule has 1 atom stereocenters. The summed E-state index contributed by atoms with van der Waals surface area (Å²) >= 11 is 1.91. The molecule has 0 bridgehead atoms. The lowest BCUT2D eigenvalue weighted by Crippen LogP contribution is -2.19. The summed E-state index contributed by atoms with van der Waals surface area (Å²) < 4.78 is 0. The van der Waals surface area contributed by atoms with E-state index in [1.807, 2.05) is 11.8 Å².